The van der Waals surface area contributed by atoms with Crippen molar-refractivity contribution in [2.75, 3.05) is 0 Å². The van der Waals surface area contributed by atoms with Crippen LogP contribution in [0.3, 0.4) is 0 Å². The summed E-state index contributed by atoms with van der Waals surface area (Å²) in [5.74, 6) is -2.28. The number of carbonyl (C=O) groups excluding carboxylic acids is 2. The molecule has 0 aromatic heterocycles. The quantitative estimate of drug-likeness (QED) is 0.0885. The van der Waals surface area contributed by atoms with E-state index in [1.54, 1.807) is 0 Å². The molecule has 0 spiro atoms. The SMILES string of the molecule is CCCCCCCCCCC(Cl)C(=O)[O-].CCCCCCCCCCC(Cl)C(=O)[O-].[CH3][Sn+2][CH3]. The molecule has 4 nitrogen and oxygen atoms in total. The van der Waals surface area contributed by atoms with Gasteiger partial charge in [0.05, 0.1) is 22.7 Å². The molecule has 0 heterocycles. The Labute approximate surface area is 225 Å². The molecule has 2 unspecified atom stereocenters. The van der Waals surface area contributed by atoms with Gasteiger partial charge in [-0.25, -0.2) is 0 Å². The molecule has 0 fully saturated rings. The van der Waals surface area contributed by atoms with Crippen LogP contribution in [0.25, 0.3) is 0 Å². The summed E-state index contributed by atoms with van der Waals surface area (Å²) in [4.78, 5) is 25.2. The summed E-state index contributed by atoms with van der Waals surface area (Å²) in [7, 11) is 0. The first-order valence-corrected chi connectivity index (χ1v) is 19.6. The Hall–Kier alpha value is 0.319. The Morgan fingerprint density at radius 3 is 1.00 bits per heavy atom. The fourth-order valence-electron chi connectivity index (χ4n) is 3.15. The van der Waals surface area contributed by atoms with E-state index in [0.717, 1.165) is 25.7 Å². The molecule has 0 aliphatic rings. The van der Waals surface area contributed by atoms with Crippen molar-refractivity contribution < 1.29 is 19.8 Å². The van der Waals surface area contributed by atoms with Crippen LogP contribution >= 0.6 is 23.2 Å². The maximum absolute atomic E-state index is 10.3. The number of hydrogen-bond acceptors (Lipinski definition) is 4. The van der Waals surface area contributed by atoms with Gasteiger partial charge < -0.3 is 19.8 Å². The fourth-order valence-corrected chi connectivity index (χ4v) is 3.46. The van der Waals surface area contributed by atoms with E-state index < -0.39 is 22.7 Å². The minimum absolute atomic E-state index is 0.230. The molecule has 2 atom stereocenters. The van der Waals surface area contributed by atoms with E-state index >= 15 is 0 Å². The van der Waals surface area contributed by atoms with Crippen LogP contribution in [0.2, 0.25) is 9.88 Å². The normalized spacial score (nSPS) is 11.8. The second kappa shape index (κ2) is 32.3. The van der Waals surface area contributed by atoms with Crippen molar-refractivity contribution in [2.24, 2.45) is 0 Å². The molecule has 0 amide bonds. The first-order chi connectivity index (χ1) is 15.8. The number of unbranched alkanes of at least 4 members (excludes halogenated alkanes) is 14. The van der Waals surface area contributed by atoms with Gasteiger partial charge in [-0.05, 0) is 12.8 Å². The van der Waals surface area contributed by atoms with E-state index in [9.17, 15) is 19.8 Å². The molecule has 196 valence electrons. The minimum atomic E-state index is -1.14. The van der Waals surface area contributed by atoms with Gasteiger partial charge in [0.25, 0.3) is 0 Å². The summed E-state index contributed by atoms with van der Waals surface area (Å²) in [6, 6.07) is 0. The number of alkyl halides is 2. The molecule has 0 aromatic carbocycles. The average molecular weight is 616 g/mol. The monoisotopic (exact) mass is 616 g/mol. The summed E-state index contributed by atoms with van der Waals surface area (Å²) in [6.07, 6.45) is 20.4. The van der Waals surface area contributed by atoms with Crippen molar-refractivity contribution in [3.63, 3.8) is 0 Å². The van der Waals surface area contributed by atoms with Gasteiger partial charge in [-0.2, -0.15) is 0 Å². The maximum atomic E-state index is 10.3. The molecule has 0 radical (unpaired) electrons. The molecule has 0 rings (SSSR count). The Balaban J connectivity index is -0.000000487. The molecule has 33 heavy (non-hydrogen) atoms. The van der Waals surface area contributed by atoms with Crippen LogP contribution in [0.15, 0.2) is 0 Å². The van der Waals surface area contributed by atoms with Crippen LogP contribution < -0.4 is 10.2 Å². The summed E-state index contributed by atoms with van der Waals surface area (Å²) in [5.41, 5.74) is 0. The molecular formula is C26H50Cl2O4Sn. The second-order valence-electron chi connectivity index (χ2n) is 8.60. The van der Waals surface area contributed by atoms with E-state index in [0.29, 0.717) is 12.8 Å². The van der Waals surface area contributed by atoms with Gasteiger partial charge in [-0.15, -0.1) is 23.2 Å². The van der Waals surface area contributed by atoms with Crippen molar-refractivity contribution in [2.45, 2.75) is 150 Å². The van der Waals surface area contributed by atoms with Gasteiger partial charge >= 0.3 is 31.0 Å². The van der Waals surface area contributed by atoms with E-state index in [4.69, 9.17) is 23.2 Å². The molecule has 7 heteroatoms. The average Bonchev–Trinajstić information content (AvgIpc) is 2.78. The predicted molar refractivity (Wildman–Crippen MR) is 141 cm³/mol. The Morgan fingerprint density at radius 1 is 0.576 bits per heavy atom. The Morgan fingerprint density at radius 2 is 0.788 bits per heavy atom. The van der Waals surface area contributed by atoms with E-state index in [1.165, 1.54) is 77.0 Å². The van der Waals surface area contributed by atoms with Crippen molar-refractivity contribution in [3.8, 4) is 0 Å². The zero-order valence-corrected chi connectivity index (χ0v) is 26.1. The van der Waals surface area contributed by atoms with E-state index in [1.807, 2.05) is 0 Å². The molecule has 0 aliphatic heterocycles. The van der Waals surface area contributed by atoms with Gasteiger partial charge in [0.1, 0.15) is 0 Å². The summed E-state index contributed by atoms with van der Waals surface area (Å²) < 4.78 is 0. The Bertz CT molecular complexity index is 376. The van der Waals surface area contributed by atoms with Gasteiger partial charge in [0.15, 0.2) is 0 Å². The van der Waals surface area contributed by atoms with Gasteiger partial charge in [-0.3, -0.25) is 0 Å². The predicted octanol–water partition coefficient (Wildman–Crippen LogP) is 6.54. The molecule has 0 aromatic rings. The number of rotatable bonds is 20. The summed E-state index contributed by atoms with van der Waals surface area (Å²) >= 11 is 11.3. The van der Waals surface area contributed by atoms with Crippen LogP contribution in [0.4, 0.5) is 0 Å². The van der Waals surface area contributed by atoms with Gasteiger partial charge in [-0.1, -0.05) is 117 Å². The molecular weight excluding hydrogens is 566 g/mol. The molecule has 0 bridgehead atoms. The number of carboxylic acids is 2. The summed E-state index contributed by atoms with van der Waals surface area (Å²) in [5, 5.41) is 19.0. The van der Waals surface area contributed by atoms with Crippen LogP contribution in [-0.4, -0.2) is 43.8 Å². The molecule has 0 saturated carbocycles. The number of hydrogen-bond donors (Lipinski definition) is 0. The molecule has 0 aliphatic carbocycles. The summed E-state index contributed by atoms with van der Waals surface area (Å²) in [6.45, 7) is 4.42. The third-order valence-electron chi connectivity index (χ3n) is 5.13. The van der Waals surface area contributed by atoms with E-state index in [-0.39, 0.29) is 21.1 Å². The van der Waals surface area contributed by atoms with Crippen molar-refractivity contribution >= 4 is 56.3 Å². The van der Waals surface area contributed by atoms with Crippen molar-refractivity contribution in [1.82, 2.24) is 0 Å². The number of halogens is 2. The topological polar surface area (TPSA) is 80.3 Å². The van der Waals surface area contributed by atoms with Crippen LogP contribution in [0.1, 0.15) is 129 Å². The van der Waals surface area contributed by atoms with Gasteiger partial charge in [0, 0.05) is 0 Å². The zero-order valence-electron chi connectivity index (χ0n) is 21.8. The number of aliphatic carboxylic acids is 2. The van der Waals surface area contributed by atoms with Crippen molar-refractivity contribution in [1.29, 1.82) is 0 Å². The molecule has 0 saturated heterocycles. The Kier molecular flexibility index (Phi) is 37.1. The van der Waals surface area contributed by atoms with Crippen LogP contribution in [0.5, 0.6) is 0 Å². The van der Waals surface area contributed by atoms with Crippen LogP contribution in [-0.2, 0) is 9.59 Å². The third-order valence-corrected chi connectivity index (χ3v) is 5.93. The van der Waals surface area contributed by atoms with E-state index in [2.05, 4.69) is 23.7 Å². The van der Waals surface area contributed by atoms with Gasteiger partial charge in [0.2, 0.25) is 0 Å². The second-order valence-corrected chi connectivity index (χ2v) is 12.5. The number of carboxylic acid groups (broad SMARTS) is 2. The van der Waals surface area contributed by atoms with Crippen LogP contribution in [0, 0.1) is 0 Å². The number of carbonyl (C=O) groups is 2. The van der Waals surface area contributed by atoms with Crippen molar-refractivity contribution in [3.05, 3.63) is 0 Å². The first kappa shape index (κ1) is 37.9. The fraction of sp³-hybridized carbons (Fsp3) is 0.923. The third kappa shape index (κ3) is 37.0. The first-order valence-electron chi connectivity index (χ1n) is 13.1. The molecule has 0 N–H and O–H groups in total. The zero-order chi connectivity index (χ0) is 25.7. The standard InChI is InChI=1S/2C12H23ClO2.2CH3.Sn/c2*1-2-3-4-5-6-7-8-9-10-11(13)12(14)15;;;/h2*11H,2-10H2,1H3,(H,14,15);2*1H3;/q;;;;+2/p-2.